The molecule has 0 saturated carbocycles. The summed E-state index contributed by atoms with van der Waals surface area (Å²) >= 11 is 0. The molecule has 0 saturated heterocycles. The second kappa shape index (κ2) is 9.14. The zero-order chi connectivity index (χ0) is 14.9. The molecule has 0 aliphatic rings. The molecule has 8 nitrogen and oxygen atoms in total. The SMILES string of the molecule is CC(=CC(C)O)C(=O)O.O=C(O)CC(O)C(=O)O. The van der Waals surface area contributed by atoms with Gasteiger partial charge in [0.1, 0.15) is 0 Å². The lowest BCUT2D eigenvalue weighted by Crippen LogP contribution is -2.22. The Bertz CT molecular complexity index is 331. The summed E-state index contributed by atoms with van der Waals surface area (Å²) in [6, 6.07) is 0. The Labute approximate surface area is 103 Å². The minimum absolute atomic E-state index is 0.171. The van der Waals surface area contributed by atoms with Crippen molar-refractivity contribution in [2.45, 2.75) is 32.5 Å². The smallest absolute Gasteiger partial charge is 0.333 e. The topological polar surface area (TPSA) is 152 Å². The van der Waals surface area contributed by atoms with Crippen LogP contribution >= 0.6 is 0 Å². The van der Waals surface area contributed by atoms with Crippen molar-refractivity contribution in [3.63, 3.8) is 0 Å². The third kappa shape index (κ3) is 12.1. The first-order valence-electron chi connectivity index (χ1n) is 4.80. The number of hydrogen-bond acceptors (Lipinski definition) is 5. The highest BCUT2D eigenvalue weighted by Gasteiger charge is 2.16. The molecule has 0 aliphatic carbocycles. The number of aliphatic carboxylic acids is 3. The van der Waals surface area contributed by atoms with Crippen molar-refractivity contribution in [3.8, 4) is 0 Å². The third-order valence-corrected chi connectivity index (χ3v) is 1.48. The Morgan fingerprint density at radius 3 is 1.67 bits per heavy atom. The van der Waals surface area contributed by atoms with E-state index in [1.807, 2.05) is 0 Å². The van der Waals surface area contributed by atoms with Gasteiger partial charge in [-0.3, -0.25) is 4.79 Å². The van der Waals surface area contributed by atoms with Crippen LogP contribution in [0.3, 0.4) is 0 Å². The average Bonchev–Trinajstić information content (AvgIpc) is 2.16. The van der Waals surface area contributed by atoms with Gasteiger partial charge in [0.2, 0.25) is 0 Å². The number of carboxylic acid groups (broad SMARTS) is 3. The number of carbonyl (C=O) groups is 3. The molecule has 0 bridgehead atoms. The summed E-state index contributed by atoms with van der Waals surface area (Å²) in [6.45, 7) is 2.95. The van der Waals surface area contributed by atoms with Gasteiger partial charge in [-0.1, -0.05) is 0 Å². The van der Waals surface area contributed by atoms with E-state index in [2.05, 4.69) is 0 Å². The minimum atomic E-state index is -1.79. The van der Waals surface area contributed by atoms with Crippen molar-refractivity contribution in [1.82, 2.24) is 0 Å². The van der Waals surface area contributed by atoms with Crippen LogP contribution in [0.25, 0.3) is 0 Å². The molecular weight excluding hydrogens is 248 g/mol. The fourth-order valence-electron chi connectivity index (χ4n) is 0.686. The standard InChI is InChI=1S/C6H10O3.C4H6O5/c1-4(6(8)9)3-5(2)7;5-2(4(8)9)1-3(6)7/h3,5,7H,1-2H3,(H,8,9);2,5H,1H2,(H,6,7)(H,8,9). The van der Waals surface area contributed by atoms with Crippen molar-refractivity contribution in [1.29, 1.82) is 0 Å². The van der Waals surface area contributed by atoms with E-state index >= 15 is 0 Å². The van der Waals surface area contributed by atoms with Gasteiger partial charge in [0.15, 0.2) is 6.10 Å². The Hall–Kier alpha value is -1.93. The summed E-state index contributed by atoms with van der Waals surface area (Å²) in [6.07, 6.45) is -1.94. The van der Waals surface area contributed by atoms with Gasteiger partial charge in [-0.2, -0.15) is 0 Å². The minimum Gasteiger partial charge on any atom is -0.481 e. The van der Waals surface area contributed by atoms with Crippen molar-refractivity contribution < 1.29 is 39.9 Å². The molecule has 0 aromatic carbocycles. The molecule has 0 aromatic rings. The molecule has 5 N–H and O–H groups in total. The summed E-state index contributed by atoms with van der Waals surface area (Å²) in [5.74, 6) is -3.83. The highest BCUT2D eigenvalue weighted by atomic mass is 16.4. The lowest BCUT2D eigenvalue weighted by molar-refractivity contribution is -0.152. The number of aliphatic hydroxyl groups excluding tert-OH is 2. The maximum Gasteiger partial charge on any atom is 0.333 e. The van der Waals surface area contributed by atoms with E-state index in [9.17, 15) is 14.4 Å². The highest BCUT2D eigenvalue weighted by Crippen LogP contribution is 1.94. The van der Waals surface area contributed by atoms with Crippen LogP contribution in [0.1, 0.15) is 20.3 Å². The van der Waals surface area contributed by atoms with Gasteiger partial charge in [-0.05, 0) is 19.9 Å². The van der Waals surface area contributed by atoms with E-state index in [1.165, 1.54) is 19.9 Å². The quantitative estimate of drug-likeness (QED) is 0.409. The Morgan fingerprint density at radius 2 is 1.56 bits per heavy atom. The molecule has 8 heteroatoms. The maximum atomic E-state index is 10.1. The first kappa shape index (κ1) is 18.4. The molecule has 0 heterocycles. The van der Waals surface area contributed by atoms with Crippen LogP contribution in [0.2, 0.25) is 0 Å². The van der Waals surface area contributed by atoms with Gasteiger partial charge in [0, 0.05) is 5.57 Å². The van der Waals surface area contributed by atoms with Crippen molar-refractivity contribution >= 4 is 17.9 Å². The van der Waals surface area contributed by atoms with Crippen molar-refractivity contribution in [2.75, 3.05) is 0 Å². The average molecular weight is 264 g/mol. The molecule has 0 rings (SSSR count). The van der Waals surface area contributed by atoms with E-state index in [0.29, 0.717) is 0 Å². The number of hydrogen-bond donors (Lipinski definition) is 5. The zero-order valence-electron chi connectivity index (χ0n) is 9.90. The van der Waals surface area contributed by atoms with Crippen LogP contribution in [0.4, 0.5) is 0 Å². The molecule has 0 fully saturated rings. The second-order valence-corrected chi connectivity index (χ2v) is 3.35. The van der Waals surface area contributed by atoms with Crippen LogP contribution in [-0.4, -0.2) is 55.6 Å². The first-order valence-corrected chi connectivity index (χ1v) is 4.80. The highest BCUT2D eigenvalue weighted by molar-refractivity contribution is 5.85. The molecule has 0 spiro atoms. The molecule has 0 radical (unpaired) electrons. The van der Waals surface area contributed by atoms with Gasteiger partial charge in [0.25, 0.3) is 0 Å². The van der Waals surface area contributed by atoms with Gasteiger partial charge in [-0.15, -0.1) is 0 Å². The molecule has 0 amide bonds. The molecule has 2 atom stereocenters. The Kier molecular flexibility index (Phi) is 9.36. The zero-order valence-corrected chi connectivity index (χ0v) is 9.90. The van der Waals surface area contributed by atoms with Gasteiger partial charge >= 0.3 is 17.9 Å². The number of aliphatic hydroxyl groups is 2. The van der Waals surface area contributed by atoms with E-state index in [4.69, 9.17) is 25.5 Å². The summed E-state index contributed by atoms with van der Waals surface area (Å²) in [5.41, 5.74) is 0.171. The van der Waals surface area contributed by atoms with E-state index in [0.717, 1.165) is 0 Å². The Balaban J connectivity index is 0. The van der Waals surface area contributed by atoms with E-state index in [1.54, 1.807) is 0 Å². The predicted molar refractivity (Wildman–Crippen MR) is 59.0 cm³/mol. The summed E-state index contributed by atoms with van der Waals surface area (Å²) in [4.78, 5) is 29.5. The lowest BCUT2D eigenvalue weighted by atomic mass is 10.2. The van der Waals surface area contributed by atoms with Crippen molar-refractivity contribution in [3.05, 3.63) is 11.6 Å². The summed E-state index contributed by atoms with van der Waals surface area (Å²) in [7, 11) is 0. The maximum absolute atomic E-state index is 10.1. The van der Waals surface area contributed by atoms with Crippen LogP contribution < -0.4 is 0 Å². The molecule has 0 aliphatic heterocycles. The van der Waals surface area contributed by atoms with Crippen LogP contribution in [0, 0.1) is 0 Å². The molecule has 2 unspecified atom stereocenters. The summed E-state index contributed by atoms with van der Waals surface area (Å²) < 4.78 is 0. The van der Waals surface area contributed by atoms with Crippen LogP contribution in [-0.2, 0) is 14.4 Å². The van der Waals surface area contributed by atoms with Gasteiger partial charge < -0.3 is 25.5 Å². The van der Waals surface area contributed by atoms with Crippen LogP contribution in [0.15, 0.2) is 11.6 Å². The largest absolute Gasteiger partial charge is 0.481 e. The Morgan fingerprint density at radius 1 is 1.11 bits per heavy atom. The molecule has 18 heavy (non-hydrogen) atoms. The molecule has 104 valence electrons. The molecular formula is C10H16O8. The predicted octanol–water partition coefficient (Wildman–Crippen LogP) is -0.695. The van der Waals surface area contributed by atoms with Gasteiger partial charge in [0.05, 0.1) is 12.5 Å². The number of rotatable bonds is 5. The molecule has 0 aromatic heterocycles. The fourth-order valence-corrected chi connectivity index (χ4v) is 0.686. The van der Waals surface area contributed by atoms with Crippen molar-refractivity contribution in [2.24, 2.45) is 0 Å². The fraction of sp³-hybridized carbons (Fsp3) is 0.500. The normalized spacial score (nSPS) is 13.9. The van der Waals surface area contributed by atoms with Gasteiger partial charge in [-0.25, -0.2) is 9.59 Å². The second-order valence-electron chi connectivity index (χ2n) is 3.35. The first-order chi connectivity index (χ1) is 8.07. The lowest BCUT2D eigenvalue weighted by Gasteiger charge is -1.97. The van der Waals surface area contributed by atoms with Crippen LogP contribution in [0.5, 0.6) is 0 Å². The summed E-state index contributed by atoms with van der Waals surface area (Å²) in [5, 5.41) is 41.0. The monoisotopic (exact) mass is 264 g/mol. The van der Waals surface area contributed by atoms with E-state index in [-0.39, 0.29) is 5.57 Å². The van der Waals surface area contributed by atoms with E-state index < -0.39 is 36.5 Å². The number of carboxylic acids is 3. The third-order valence-electron chi connectivity index (χ3n) is 1.48.